The van der Waals surface area contributed by atoms with E-state index in [-0.39, 0.29) is 80.8 Å². The summed E-state index contributed by atoms with van der Waals surface area (Å²) in [6.07, 6.45) is 8.26. The molecular weight excluding hydrogens is 700 g/mol. The lowest BCUT2D eigenvalue weighted by Gasteiger charge is -2.38. The maximum atomic E-state index is 14.5. The van der Waals surface area contributed by atoms with Gasteiger partial charge in [0.15, 0.2) is 0 Å². The highest BCUT2D eigenvalue weighted by atomic mass is 16.5. The molecule has 10 nitrogen and oxygen atoms in total. The standard InChI is InChI=1S/C45H44O10/c1-22(2)6-10-30-42(53)40-37(51)21-36(50)39(44(40)54-43(30)28-12-9-26(47)20-35(28)49)33-17-23(3)16-31(27-11-8-25(46)19-34(27)48)32(33)18-24-7-13-38-29(41(24)52)14-15-45(4,5)55-38/h6-9,11-15,17,19-21,31-33,46-52H,10,16,18H2,1-5H3. The van der Waals surface area contributed by atoms with Gasteiger partial charge >= 0.3 is 0 Å². The molecule has 0 amide bonds. The summed E-state index contributed by atoms with van der Waals surface area (Å²) in [4.78, 5) is 14.5. The van der Waals surface area contributed by atoms with Gasteiger partial charge in [0.25, 0.3) is 0 Å². The molecule has 7 N–H and O–H groups in total. The van der Waals surface area contributed by atoms with Crippen molar-refractivity contribution >= 4 is 17.0 Å². The Bertz CT molecular complexity index is 2510. The predicted octanol–water partition coefficient (Wildman–Crippen LogP) is 9.17. The third-order valence-corrected chi connectivity index (χ3v) is 10.7. The van der Waals surface area contributed by atoms with E-state index in [2.05, 4.69) is 0 Å². The number of aromatic hydroxyl groups is 7. The Hall–Kier alpha value is -6.29. The summed E-state index contributed by atoms with van der Waals surface area (Å²) in [6, 6.07) is 13.0. The van der Waals surface area contributed by atoms with E-state index >= 15 is 0 Å². The quantitative estimate of drug-likeness (QED) is 0.0794. The molecule has 55 heavy (non-hydrogen) atoms. The molecule has 0 spiro atoms. The molecular formula is C45H44O10. The lowest BCUT2D eigenvalue weighted by Crippen LogP contribution is -2.28. The fourth-order valence-electron chi connectivity index (χ4n) is 8.04. The molecule has 0 saturated heterocycles. The topological polar surface area (TPSA) is 181 Å². The molecule has 7 rings (SSSR count). The number of hydrogen-bond donors (Lipinski definition) is 7. The Labute approximate surface area is 317 Å². The fraction of sp³-hybridized carbons (Fsp3) is 0.267. The van der Waals surface area contributed by atoms with Crippen molar-refractivity contribution in [2.24, 2.45) is 5.92 Å². The second-order valence-corrected chi connectivity index (χ2v) is 15.4. The first-order chi connectivity index (χ1) is 26.0. The highest BCUT2D eigenvalue weighted by Crippen LogP contribution is 2.54. The summed E-state index contributed by atoms with van der Waals surface area (Å²) in [5.74, 6) is -2.78. The molecule has 3 atom stereocenters. The first-order valence-corrected chi connectivity index (χ1v) is 18.2. The van der Waals surface area contributed by atoms with Crippen LogP contribution >= 0.6 is 0 Å². The molecule has 2 heterocycles. The zero-order chi connectivity index (χ0) is 39.5. The van der Waals surface area contributed by atoms with Crippen molar-refractivity contribution in [1.82, 2.24) is 0 Å². The Morgan fingerprint density at radius 3 is 2.27 bits per heavy atom. The fourth-order valence-corrected chi connectivity index (χ4v) is 8.04. The normalized spacial score (nSPS) is 18.7. The van der Waals surface area contributed by atoms with E-state index in [9.17, 15) is 40.5 Å². The predicted molar refractivity (Wildman–Crippen MR) is 210 cm³/mol. The lowest BCUT2D eigenvalue weighted by atomic mass is 9.65. The van der Waals surface area contributed by atoms with Crippen LogP contribution in [0.15, 0.2) is 93.2 Å². The van der Waals surface area contributed by atoms with Crippen LogP contribution in [-0.4, -0.2) is 41.3 Å². The van der Waals surface area contributed by atoms with Crippen molar-refractivity contribution in [3.63, 3.8) is 0 Å². The molecule has 1 aliphatic heterocycles. The summed E-state index contributed by atoms with van der Waals surface area (Å²) < 4.78 is 12.7. The van der Waals surface area contributed by atoms with Gasteiger partial charge in [-0.3, -0.25) is 4.79 Å². The number of allylic oxidation sites excluding steroid dienone is 4. The van der Waals surface area contributed by atoms with Crippen LogP contribution in [0, 0.1) is 5.92 Å². The average molecular weight is 745 g/mol. The van der Waals surface area contributed by atoms with Crippen LogP contribution in [0.2, 0.25) is 0 Å². The zero-order valence-corrected chi connectivity index (χ0v) is 31.2. The smallest absolute Gasteiger partial charge is 0.200 e. The molecule has 1 aromatic heterocycles. The lowest BCUT2D eigenvalue weighted by molar-refractivity contribution is 0.158. The summed E-state index contributed by atoms with van der Waals surface area (Å²) in [5.41, 5.74) is 2.66. The monoisotopic (exact) mass is 744 g/mol. The highest BCUT2D eigenvalue weighted by molar-refractivity contribution is 5.91. The largest absolute Gasteiger partial charge is 0.508 e. The molecule has 1 aliphatic carbocycles. The number of ether oxygens (including phenoxy) is 1. The molecule has 5 aromatic rings. The van der Waals surface area contributed by atoms with Gasteiger partial charge in [-0.2, -0.15) is 0 Å². The third-order valence-electron chi connectivity index (χ3n) is 10.7. The highest BCUT2D eigenvalue weighted by Gasteiger charge is 2.40. The molecule has 0 fully saturated rings. The van der Waals surface area contributed by atoms with Crippen LogP contribution in [-0.2, 0) is 12.8 Å². The van der Waals surface area contributed by atoms with Gasteiger partial charge in [-0.1, -0.05) is 35.4 Å². The Balaban J connectivity index is 1.50. The number of benzene rings is 4. The molecule has 2 aliphatic rings. The molecule has 284 valence electrons. The van der Waals surface area contributed by atoms with Crippen LogP contribution in [0.1, 0.15) is 80.7 Å². The van der Waals surface area contributed by atoms with Crippen LogP contribution in [0.5, 0.6) is 46.0 Å². The second kappa shape index (κ2) is 13.8. The Morgan fingerprint density at radius 2 is 1.58 bits per heavy atom. The minimum absolute atomic E-state index is 0.00147. The minimum atomic E-state index is -0.732. The van der Waals surface area contributed by atoms with Crippen LogP contribution < -0.4 is 10.2 Å². The van der Waals surface area contributed by atoms with Gasteiger partial charge in [-0.15, -0.1) is 0 Å². The first-order valence-electron chi connectivity index (χ1n) is 18.2. The van der Waals surface area contributed by atoms with Gasteiger partial charge in [0.05, 0.1) is 11.1 Å². The zero-order valence-electron chi connectivity index (χ0n) is 31.2. The van der Waals surface area contributed by atoms with Crippen molar-refractivity contribution in [2.45, 2.75) is 71.3 Å². The number of phenols is 7. The van der Waals surface area contributed by atoms with E-state index in [4.69, 9.17) is 9.15 Å². The summed E-state index contributed by atoms with van der Waals surface area (Å²) in [5, 5.41) is 77.2. The van der Waals surface area contributed by atoms with Crippen LogP contribution in [0.4, 0.5) is 0 Å². The maximum absolute atomic E-state index is 14.5. The molecule has 0 bridgehead atoms. The van der Waals surface area contributed by atoms with Gasteiger partial charge in [0.1, 0.15) is 68.3 Å². The average Bonchev–Trinajstić information content (AvgIpc) is 3.09. The number of fused-ring (bicyclic) bond motifs is 2. The Morgan fingerprint density at radius 1 is 0.873 bits per heavy atom. The van der Waals surface area contributed by atoms with Gasteiger partial charge in [-0.25, -0.2) is 0 Å². The van der Waals surface area contributed by atoms with Gasteiger partial charge in [-0.05, 0) is 113 Å². The summed E-state index contributed by atoms with van der Waals surface area (Å²) >= 11 is 0. The van der Waals surface area contributed by atoms with E-state index < -0.39 is 34.5 Å². The summed E-state index contributed by atoms with van der Waals surface area (Å²) in [6.45, 7) is 9.50. The molecule has 4 aromatic carbocycles. The van der Waals surface area contributed by atoms with Gasteiger partial charge in [0.2, 0.25) is 5.43 Å². The van der Waals surface area contributed by atoms with Crippen molar-refractivity contribution in [1.29, 1.82) is 0 Å². The second-order valence-electron chi connectivity index (χ2n) is 15.4. The SMILES string of the molecule is CC(C)=CCc1c(-c2ccc(O)cc2O)oc2c(C3C=C(C)CC(c4ccc(O)cc4O)C3Cc3ccc4c(c3O)C=CC(C)(C)O4)c(O)cc(O)c2c1=O. The molecule has 10 heteroatoms. The maximum Gasteiger partial charge on any atom is 0.200 e. The number of phenolic OH excluding ortho intramolecular Hbond substituents is 7. The first kappa shape index (κ1) is 37.0. The third kappa shape index (κ3) is 6.84. The minimum Gasteiger partial charge on any atom is -0.508 e. The molecule has 0 saturated carbocycles. The van der Waals surface area contributed by atoms with E-state index in [1.807, 2.05) is 58.9 Å². The van der Waals surface area contributed by atoms with Crippen molar-refractivity contribution in [3.8, 4) is 57.3 Å². The summed E-state index contributed by atoms with van der Waals surface area (Å²) in [7, 11) is 0. The van der Waals surface area contributed by atoms with Crippen molar-refractivity contribution in [3.05, 3.63) is 122 Å². The van der Waals surface area contributed by atoms with E-state index in [0.717, 1.165) is 23.3 Å². The molecule has 3 unspecified atom stereocenters. The van der Waals surface area contributed by atoms with Gasteiger partial charge in [0, 0.05) is 35.2 Å². The number of hydrogen-bond acceptors (Lipinski definition) is 10. The van der Waals surface area contributed by atoms with E-state index in [0.29, 0.717) is 28.9 Å². The van der Waals surface area contributed by atoms with E-state index in [1.54, 1.807) is 18.2 Å². The van der Waals surface area contributed by atoms with E-state index in [1.165, 1.54) is 24.3 Å². The van der Waals surface area contributed by atoms with Crippen LogP contribution in [0.25, 0.3) is 28.4 Å². The number of rotatable bonds is 7. The van der Waals surface area contributed by atoms with Gasteiger partial charge < -0.3 is 44.9 Å². The molecule has 0 radical (unpaired) electrons. The van der Waals surface area contributed by atoms with Crippen LogP contribution in [0.3, 0.4) is 0 Å². The van der Waals surface area contributed by atoms with Crippen molar-refractivity contribution < 1.29 is 44.9 Å². The Kier molecular flexibility index (Phi) is 9.32. The van der Waals surface area contributed by atoms with Crippen molar-refractivity contribution in [2.75, 3.05) is 0 Å².